The molecular formula is C14H15NOSiZr. The predicted molar refractivity (Wildman–Crippen MR) is 73.0 cm³/mol. The topological polar surface area (TPSA) is 29.1 Å². The third kappa shape index (κ3) is 4.04. The first-order valence-electron chi connectivity index (χ1n) is 5.68. The van der Waals surface area contributed by atoms with Gasteiger partial charge in [0.1, 0.15) is 0 Å². The van der Waals surface area contributed by atoms with E-state index in [1.807, 2.05) is 48.5 Å². The van der Waals surface area contributed by atoms with E-state index < -0.39 is 8.96 Å². The molecule has 4 heteroatoms. The van der Waals surface area contributed by atoms with Crippen molar-refractivity contribution >= 4 is 20.1 Å². The molecule has 0 aliphatic carbocycles. The van der Waals surface area contributed by atoms with E-state index in [4.69, 9.17) is 0 Å². The summed E-state index contributed by atoms with van der Waals surface area (Å²) in [6.45, 7) is 2.12. The number of nitrogens with one attached hydrogen (secondary N) is 1. The summed E-state index contributed by atoms with van der Waals surface area (Å²) in [5.41, 5.74) is 0.725. The molecule has 2 aromatic rings. The molecule has 0 aliphatic heterocycles. The molecule has 0 bridgehead atoms. The Balaban J connectivity index is 0.00000162. The minimum absolute atomic E-state index is 0. The molecule has 1 atom stereocenters. The normalized spacial score (nSPS) is 11.2. The van der Waals surface area contributed by atoms with Crippen molar-refractivity contribution in [1.29, 1.82) is 0 Å². The van der Waals surface area contributed by atoms with Crippen molar-refractivity contribution in [2.24, 2.45) is 0 Å². The van der Waals surface area contributed by atoms with E-state index in [0.717, 1.165) is 5.56 Å². The molecule has 2 rings (SSSR count). The van der Waals surface area contributed by atoms with Crippen LogP contribution in [-0.4, -0.2) is 14.9 Å². The largest absolute Gasteiger partial charge is 0.376 e. The van der Waals surface area contributed by atoms with Gasteiger partial charge in [-0.3, -0.25) is 4.79 Å². The van der Waals surface area contributed by atoms with Crippen LogP contribution in [0.25, 0.3) is 0 Å². The number of hydrogen-bond donors (Lipinski definition) is 1. The molecular weight excluding hydrogens is 317 g/mol. The second-order valence-corrected chi connectivity index (χ2v) is 6.37. The van der Waals surface area contributed by atoms with Crippen LogP contribution in [0, 0.1) is 0 Å². The first-order chi connectivity index (χ1) is 8.27. The van der Waals surface area contributed by atoms with E-state index >= 15 is 0 Å². The van der Waals surface area contributed by atoms with Gasteiger partial charge in [0, 0.05) is 31.8 Å². The molecule has 2 aromatic carbocycles. The molecule has 90 valence electrons. The number of benzene rings is 2. The minimum atomic E-state index is -1.39. The Kier molecular flexibility index (Phi) is 6.23. The summed E-state index contributed by atoms with van der Waals surface area (Å²) >= 11 is 0. The third-order valence-corrected chi connectivity index (χ3v) is 4.76. The van der Waals surface area contributed by atoms with Crippen molar-refractivity contribution in [3.05, 3.63) is 66.2 Å². The van der Waals surface area contributed by atoms with Crippen molar-refractivity contribution in [2.75, 3.05) is 0 Å². The number of hydrogen-bond acceptors (Lipinski definition) is 1. The van der Waals surface area contributed by atoms with E-state index in [2.05, 4.69) is 23.7 Å². The van der Waals surface area contributed by atoms with E-state index in [1.54, 1.807) is 0 Å². The summed E-state index contributed by atoms with van der Waals surface area (Å²) in [5.74, 6) is 0.0219. The van der Waals surface area contributed by atoms with E-state index in [9.17, 15) is 4.79 Å². The molecule has 0 fully saturated rings. The molecule has 1 unspecified atom stereocenters. The average Bonchev–Trinajstić information content (AvgIpc) is 2.40. The first-order valence-corrected chi connectivity index (χ1v) is 7.99. The van der Waals surface area contributed by atoms with Gasteiger partial charge in [-0.15, -0.1) is 0 Å². The molecule has 0 saturated heterocycles. The smallest absolute Gasteiger partial charge is 0.243 e. The number of amides is 1. The quantitative estimate of drug-likeness (QED) is 0.851. The molecule has 0 spiro atoms. The maximum atomic E-state index is 12.0. The molecule has 1 N–H and O–H groups in total. The Morgan fingerprint density at radius 1 is 0.944 bits per heavy atom. The molecule has 0 heterocycles. The van der Waals surface area contributed by atoms with Crippen molar-refractivity contribution in [3.8, 4) is 0 Å². The van der Waals surface area contributed by atoms with Gasteiger partial charge in [-0.1, -0.05) is 55.1 Å². The van der Waals surface area contributed by atoms with Crippen LogP contribution < -0.4 is 10.2 Å². The summed E-state index contributed by atoms with van der Waals surface area (Å²) in [7, 11) is -1.39. The van der Waals surface area contributed by atoms with Gasteiger partial charge >= 0.3 is 0 Å². The van der Waals surface area contributed by atoms with Crippen LogP contribution in [0.15, 0.2) is 60.7 Å². The van der Waals surface area contributed by atoms with Crippen molar-refractivity contribution in [1.82, 2.24) is 4.98 Å². The number of rotatable bonds is 3. The number of carbonyl (C=O) groups is 1. The summed E-state index contributed by atoms with van der Waals surface area (Å²) < 4.78 is 0. The standard InChI is InChI=1S/C14H15NOSi.Zr/c1-17(13-10-6-3-7-11-13)15-14(16)12-8-4-2-5-9-12;/h2-11,17H,1H3,(H,15,16);. The SMILES string of the molecule is C[SiH](NC(=O)c1ccccc1)c1ccccc1.[Zr]. The molecule has 0 aromatic heterocycles. The minimum Gasteiger partial charge on any atom is -0.376 e. The fourth-order valence-corrected chi connectivity index (χ4v) is 3.22. The average molecular weight is 333 g/mol. The molecule has 0 radical (unpaired) electrons. The van der Waals surface area contributed by atoms with Gasteiger partial charge < -0.3 is 4.98 Å². The van der Waals surface area contributed by atoms with Crippen LogP contribution >= 0.6 is 0 Å². The van der Waals surface area contributed by atoms with Crippen LogP contribution in [0.1, 0.15) is 10.4 Å². The Morgan fingerprint density at radius 3 is 2.00 bits per heavy atom. The Morgan fingerprint density at radius 2 is 1.44 bits per heavy atom. The predicted octanol–water partition coefficient (Wildman–Crippen LogP) is 1.67. The molecule has 1 amide bonds. The zero-order valence-corrected chi connectivity index (χ0v) is 13.9. The fraction of sp³-hybridized carbons (Fsp3) is 0.0714. The third-order valence-electron chi connectivity index (χ3n) is 2.68. The summed E-state index contributed by atoms with van der Waals surface area (Å²) in [4.78, 5) is 15.1. The second-order valence-electron chi connectivity index (χ2n) is 3.97. The van der Waals surface area contributed by atoms with Crippen molar-refractivity contribution < 1.29 is 31.0 Å². The van der Waals surface area contributed by atoms with Gasteiger partial charge in [-0.05, 0) is 17.3 Å². The van der Waals surface area contributed by atoms with Crippen LogP contribution in [0.5, 0.6) is 0 Å². The van der Waals surface area contributed by atoms with Crippen LogP contribution in [0.2, 0.25) is 6.55 Å². The molecule has 0 saturated carbocycles. The number of carbonyl (C=O) groups excluding carboxylic acids is 1. The maximum absolute atomic E-state index is 12.0. The zero-order valence-electron chi connectivity index (χ0n) is 10.3. The van der Waals surface area contributed by atoms with Gasteiger partial charge in [-0.25, -0.2) is 0 Å². The van der Waals surface area contributed by atoms with Gasteiger partial charge in [0.2, 0.25) is 5.91 Å². The summed E-state index contributed by atoms with van der Waals surface area (Å²) in [5, 5.41) is 1.25. The molecule has 18 heavy (non-hydrogen) atoms. The van der Waals surface area contributed by atoms with Crippen LogP contribution in [0.4, 0.5) is 0 Å². The summed E-state index contributed by atoms with van der Waals surface area (Å²) in [6.07, 6.45) is 0. The van der Waals surface area contributed by atoms with Crippen LogP contribution in [0.3, 0.4) is 0 Å². The van der Waals surface area contributed by atoms with Gasteiger partial charge in [0.15, 0.2) is 8.96 Å². The Hall–Kier alpha value is -0.990. The Labute approximate surface area is 128 Å². The van der Waals surface area contributed by atoms with E-state index in [-0.39, 0.29) is 32.1 Å². The van der Waals surface area contributed by atoms with Crippen molar-refractivity contribution in [3.63, 3.8) is 0 Å². The van der Waals surface area contributed by atoms with Gasteiger partial charge in [0.05, 0.1) is 0 Å². The van der Waals surface area contributed by atoms with E-state index in [1.165, 1.54) is 5.19 Å². The first kappa shape index (κ1) is 15.1. The van der Waals surface area contributed by atoms with Crippen molar-refractivity contribution in [2.45, 2.75) is 6.55 Å². The van der Waals surface area contributed by atoms with E-state index in [0.29, 0.717) is 0 Å². The molecule has 2 nitrogen and oxygen atoms in total. The molecule has 0 aliphatic rings. The monoisotopic (exact) mass is 331 g/mol. The second kappa shape index (κ2) is 7.45. The maximum Gasteiger partial charge on any atom is 0.243 e. The fourth-order valence-electron chi connectivity index (χ4n) is 1.69. The van der Waals surface area contributed by atoms with Crippen LogP contribution in [-0.2, 0) is 26.2 Å². The van der Waals surface area contributed by atoms with Gasteiger partial charge in [-0.2, -0.15) is 0 Å². The zero-order chi connectivity index (χ0) is 12.1. The van der Waals surface area contributed by atoms with Gasteiger partial charge in [0.25, 0.3) is 0 Å². The summed E-state index contributed by atoms with van der Waals surface area (Å²) in [6, 6.07) is 19.5. The Bertz CT molecular complexity index is 490.